The van der Waals surface area contributed by atoms with Crippen LogP contribution in [0.25, 0.3) is 0 Å². The van der Waals surface area contributed by atoms with Gasteiger partial charge in [0.05, 0.1) is 6.61 Å². The molecule has 4 nitrogen and oxygen atoms in total. The van der Waals surface area contributed by atoms with E-state index in [0.717, 1.165) is 11.4 Å². The highest BCUT2D eigenvalue weighted by atomic mass is 35.5. The van der Waals surface area contributed by atoms with Crippen LogP contribution < -0.4 is 4.74 Å². The molecule has 124 valence electrons. The number of carbonyl (C=O) groups is 1. The minimum absolute atomic E-state index is 0.0642. The zero-order chi connectivity index (χ0) is 17.0. The topological polar surface area (TPSA) is 40.5 Å². The van der Waals surface area contributed by atoms with Crippen LogP contribution in [-0.2, 0) is 11.3 Å². The molecule has 0 spiro atoms. The zero-order valence-corrected chi connectivity index (χ0v) is 14.9. The van der Waals surface area contributed by atoms with Crippen molar-refractivity contribution in [2.75, 3.05) is 20.3 Å². The Balaban J connectivity index is 2.09. The van der Waals surface area contributed by atoms with Crippen molar-refractivity contribution in [1.82, 2.24) is 4.57 Å². The number of ether oxygens (including phenoxy) is 2. The molecule has 1 heterocycles. The first-order valence-electron chi connectivity index (χ1n) is 7.20. The van der Waals surface area contributed by atoms with Crippen molar-refractivity contribution >= 4 is 29.0 Å². The average molecular weight is 356 g/mol. The Morgan fingerprint density at radius 1 is 1.13 bits per heavy atom. The number of methoxy groups -OCH3 is 1. The van der Waals surface area contributed by atoms with Crippen LogP contribution in [0.5, 0.6) is 5.75 Å². The third-order valence-electron chi connectivity index (χ3n) is 3.60. The molecule has 0 aliphatic rings. The Morgan fingerprint density at radius 2 is 1.78 bits per heavy atom. The van der Waals surface area contributed by atoms with Crippen molar-refractivity contribution in [2.24, 2.45) is 0 Å². The van der Waals surface area contributed by atoms with Crippen LogP contribution in [0.1, 0.15) is 21.7 Å². The first-order chi connectivity index (χ1) is 10.9. The van der Waals surface area contributed by atoms with E-state index in [4.69, 9.17) is 32.7 Å². The van der Waals surface area contributed by atoms with Gasteiger partial charge in [0.2, 0.25) is 5.78 Å². The molecule has 2 aromatic rings. The summed E-state index contributed by atoms with van der Waals surface area (Å²) < 4.78 is 12.7. The van der Waals surface area contributed by atoms with E-state index in [-0.39, 0.29) is 12.4 Å². The minimum atomic E-state index is -0.0853. The summed E-state index contributed by atoms with van der Waals surface area (Å²) in [6, 6.07) is 6.74. The number of hydrogen-bond acceptors (Lipinski definition) is 3. The first kappa shape index (κ1) is 17.9. The molecule has 0 saturated carbocycles. The first-order valence-corrected chi connectivity index (χ1v) is 7.95. The van der Waals surface area contributed by atoms with Crippen LogP contribution in [0.15, 0.2) is 24.3 Å². The van der Waals surface area contributed by atoms with E-state index in [0.29, 0.717) is 34.5 Å². The second-order valence-electron chi connectivity index (χ2n) is 5.25. The number of benzene rings is 1. The Morgan fingerprint density at radius 3 is 2.39 bits per heavy atom. The third kappa shape index (κ3) is 4.50. The number of hydrogen-bond donors (Lipinski definition) is 0. The predicted octanol–water partition coefficient (Wildman–Crippen LogP) is 4.32. The van der Waals surface area contributed by atoms with Gasteiger partial charge in [-0.15, -0.1) is 0 Å². The van der Waals surface area contributed by atoms with Gasteiger partial charge in [-0.05, 0) is 38.1 Å². The SMILES string of the molecule is COCCn1c(C)cc(C(=O)COc2cc(Cl)cc(Cl)c2)c1C. The number of nitrogens with zero attached hydrogens (tertiary/aromatic N) is 1. The van der Waals surface area contributed by atoms with Gasteiger partial charge in [-0.1, -0.05) is 23.2 Å². The van der Waals surface area contributed by atoms with Crippen LogP contribution in [0.3, 0.4) is 0 Å². The van der Waals surface area contributed by atoms with E-state index in [9.17, 15) is 4.79 Å². The van der Waals surface area contributed by atoms with E-state index in [1.54, 1.807) is 25.3 Å². The summed E-state index contributed by atoms with van der Waals surface area (Å²) >= 11 is 11.8. The molecule has 1 aromatic heterocycles. The van der Waals surface area contributed by atoms with Crippen LogP contribution in [0, 0.1) is 13.8 Å². The van der Waals surface area contributed by atoms with Gasteiger partial charge in [0.1, 0.15) is 5.75 Å². The number of carbonyl (C=O) groups excluding carboxylic acids is 1. The molecule has 0 aliphatic carbocycles. The predicted molar refractivity (Wildman–Crippen MR) is 92.1 cm³/mol. The summed E-state index contributed by atoms with van der Waals surface area (Å²) in [5.74, 6) is 0.391. The summed E-state index contributed by atoms with van der Waals surface area (Å²) in [6.45, 7) is 5.14. The fraction of sp³-hybridized carbons (Fsp3) is 0.353. The van der Waals surface area contributed by atoms with Gasteiger partial charge in [0.15, 0.2) is 6.61 Å². The molecule has 0 atom stereocenters. The Kier molecular flexibility index (Phi) is 6.10. The molecule has 2 rings (SSSR count). The van der Waals surface area contributed by atoms with Crippen molar-refractivity contribution < 1.29 is 14.3 Å². The van der Waals surface area contributed by atoms with Crippen LogP contribution in [0.2, 0.25) is 10.0 Å². The smallest absolute Gasteiger partial charge is 0.202 e. The summed E-state index contributed by atoms with van der Waals surface area (Å²) in [6.07, 6.45) is 0. The molecule has 0 bridgehead atoms. The van der Waals surface area contributed by atoms with E-state index in [2.05, 4.69) is 4.57 Å². The Labute approximate surface area is 145 Å². The number of ketones is 1. The maximum atomic E-state index is 12.4. The molecule has 0 radical (unpaired) electrons. The molecular formula is C17H19Cl2NO3. The highest BCUT2D eigenvalue weighted by molar-refractivity contribution is 6.34. The highest BCUT2D eigenvalue weighted by Gasteiger charge is 2.16. The van der Waals surface area contributed by atoms with E-state index >= 15 is 0 Å². The van der Waals surface area contributed by atoms with Gasteiger partial charge in [-0.25, -0.2) is 0 Å². The number of rotatable bonds is 7. The van der Waals surface area contributed by atoms with Gasteiger partial charge in [-0.2, -0.15) is 0 Å². The summed E-state index contributed by atoms with van der Waals surface area (Å²) in [7, 11) is 1.66. The molecule has 0 aliphatic heterocycles. The standard InChI is InChI=1S/C17H19Cl2NO3/c1-11-6-16(12(2)20(11)4-5-22-3)17(21)10-23-15-8-13(18)7-14(19)9-15/h6-9H,4-5,10H2,1-3H3. The third-order valence-corrected chi connectivity index (χ3v) is 4.04. The maximum Gasteiger partial charge on any atom is 0.202 e. The number of halogens is 2. The molecule has 0 saturated heterocycles. The van der Waals surface area contributed by atoms with Crippen LogP contribution in [0.4, 0.5) is 0 Å². The number of Topliss-reactive ketones (excluding diaryl/α,β-unsaturated/α-hetero) is 1. The van der Waals surface area contributed by atoms with E-state index in [1.165, 1.54) is 0 Å². The molecule has 23 heavy (non-hydrogen) atoms. The quantitative estimate of drug-likeness (QED) is 0.694. The minimum Gasteiger partial charge on any atom is -0.485 e. The van der Waals surface area contributed by atoms with Crippen LogP contribution in [-0.4, -0.2) is 30.7 Å². The largest absolute Gasteiger partial charge is 0.485 e. The highest BCUT2D eigenvalue weighted by Crippen LogP contribution is 2.24. The van der Waals surface area contributed by atoms with Gasteiger partial charge in [0, 0.05) is 40.7 Å². The second kappa shape index (κ2) is 7.86. The second-order valence-corrected chi connectivity index (χ2v) is 6.12. The van der Waals surface area contributed by atoms with Crippen molar-refractivity contribution in [1.29, 1.82) is 0 Å². The zero-order valence-electron chi connectivity index (χ0n) is 13.4. The molecule has 0 amide bonds. The monoisotopic (exact) mass is 355 g/mol. The summed E-state index contributed by atoms with van der Waals surface area (Å²) in [4.78, 5) is 12.4. The fourth-order valence-electron chi connectivity index (χ4n) is 2.45. The molecule has 1 aromatic carbocycles. The van der Waals surface area contributed by atoms with E-state index < -0.39 is 0 Å². The fourth-order valence-corrected chi connectivity index (χ4v) is 2.95. The lowest BCUT2D eigenvalue weighted by atomic mass is 10.1. The number of aryl methyl sites for hydroxylation is 1. The van der Waals surface area contributed by atoms with Gasteiger partial charge >= 0.3 is 0 Å². The van der Waals surface area contributed by atoms with Crippen molar-refractivity contribution in [3.05, 3.63) is 51.3 Å². The lowest BCUT2D eigenvalue weighted by Gasteiger charge is -2.09. The molecule has 0 fully saturated rings. The number of aromatic nitrogens is 1. The van der Waals surface area contributed by atoms with Gasteiger partial charge < -0.3 is 14.0 Å². The van der Waals surface area contributed by atoms with Crippen molar-refractivity contribution in [3.63, 3.8) is 0 Å². The van der Waals surface area contributed by atoms with Gasteiger partial charge in [0.25, 0.3) is 0 Å². The van der Waals surface area contributed by atoms with Crippen molar-refractivity contribution in [3.8, 4) is 5.75 Å². The van der Waals surface area contributed by atoms with Crippen molar-refractivity contribution in [2.45, 2.75) is 20.4 Å². The van der Waals surface area contributed by atoms with Crippen LogP contribution >= 0.6 is 23.2 Å². The molecule has 0 unspecified atom stereocenters. The maximum absolute atomic E-state index is 12.4. The molecule has 6 heteroatoms. The van der Waals surface area contributed by atoms with E-state index in [1.807, 2.05) is 19.9 Å². The van der Waals surface area contributed by atoms with Gasteiger partial charge in [-0.3, -0.25) is 4.79 Å². The molecular weight excluding hydrogens is 337 g/mol. The Bertz CT molecular complexity index is 690. The summed E-state index contributed by atoms with van der Waals surface area (Å²) in [5, 5.41) is 0.940. The molecule has 0 N–H and O–H groups in total. The average Bonchev–Trinajstić information content (AvgIpc) is 2.77. The lowest BCUT2D eigenvalue weighted by Crippen LogP contribution is -2.13. The summed E-state index contributed by atoms with van der Waals surface area (Å²) in [5.41, 5.74) is 2.60. The Hall–Kier alpha value is -1.49. The lowest BCUT2D eigenvalue weighted by molar-refractivity contribution is 0.0920. The normalized spacial score (nSPS) is 10.8.